The van der Waals surface area contributed by atoms with Gasteiger partial charge in [-0.3, -0.25) is 0 Å². The molecule has 1 atom stereocenters. The van der Waals surface area contributed by atoms with Crippen molar-refractivity contribution in [2.45, 2.75) is 44.8 Å². The molecule has 0 spiro atoms. The number of anilines is 2. The van der Waals surface area contributed by atoms with Crippen LogP contribution in [0.25, 0.3) is 10.9 Å². The van der Waals surface area contributed by atoms with Crippen molar-refractivity contribution in [2.75, 3.05) is 44.9 Å². The second kappa shape index (κ2) is 11.0. The van der Waals surface area contributed by atoms with Crippen molar-refractivity contribution in [3.63, 3.8) is 0 Å². The molecule has 0 bridgehead atoms. The first-order valence-corrected chi connectivity index (χ1v) is 12.5. The summed E-state index contributed by atoms with van der Waals surface area (Å²) >= 11 is 0. The summed E-state index contributed by atoms with van der Waals surface area (Å²) in [4.78, 5) is 10.9. The third-order valence-electron chi connectivity index (χ3n) is 6.73. The van der Waals surface area contributed by atoms with Crippen molar-refractivity contribution >= 4 is 22.4 Å². The smallest absolute Gasteiger partial charge is 0.416 e. The number of fused-ring (bicyclic) bond motifs is 1. The molecule has 3 aromatic rings. The number of rotatable bonds is 10. The van der Waals surface area contributed by atoms with Crippen LogP contribution >= 0.6 is 0 Å². The average molecular weight is 554 g/mol. The lowest BCUT2D eigenvalue weighted by Gasteiger charge is -2.37. The number of methoxy groups -OCH3 is 1. The molecule has 0 saturated heterocycles. The zero-order chi connectivity index (χ0) is 28.5. The van der Waals surface area contributed by atoms with Gasteiger partial charge in [0.1, 0.15) is 18.2 Å². The number of hydrogen-bond donors (Lipinski definition) is 2. The second-order valence-corrected chi connectivity index (χ2v) is 10.1. The van der Waals surface area contributed by atoms with Crippen LogP contribution in [0.5, 0.6) is 11.5 Å². The van der Waals surface area contributed by atoms with Crippen LogP contribution in [0.4, 0.5) is 33.5 Å². The topological polar surface area (TPSA) is 85.5 Å². The highest BCUT2D eigenvalue weighted by molar-refractivity contribution is 5.92. The molecule has 0 aliphatic heterocycles. The maximum absolute atomic E-state index is 13.3. The van der Waals surface area contributed by atoms with E-state index in [4.69, 9.17) is 15.2 Å². The monoisotopic (exact) mass is 553 g/mol. The highest BCUT2D eigenvalue weighted by Gasteiger charge is 2.45. The van der Waals surface area contributed by atoms with E-state index in [0.29, 0.717) is 52.7 Å². The molecule has 0 radical (unpaired) electrons. The van der Waals surface area contributed by atoms with Crippen molar-refractivity contribution in [3.8, 4) is 11.5 Å². The SMILES string of the molecule is COc1cc2nc(C)nc(NC(C)c3cc(N)cc(C(F)(F)F)c3)c2cc1OCCN(C)CC1CC(F)(F)C1. The molecule has 1 aromatic heterocycles. The molecule has 1 saturated carbocycles. The van der Waals surface area contributed by atoms with Crippen molar-refractivity contribution in [2.24, 2.45) is 5.92 Å². The van der Waals surface area contributed by atoms with Gasteiger partial charge in [-0.1, -0.05) is 0 Å². The fourth-order valence-corrected chi connectivity index (χ4v) is 4.77. The van der Waals surface area contributed by atoms with Crippen molar-refractivity contribution < 1.29 is 31.4 Å². The fraction of sp³-hybridized carbons (Fsp3) is 0.481. The predicted molar refractivity (Wildman–Crippen MR) is 139 cm³/mol. The Morgan fingerprint density at radius 2 is 1.85 bits per heavy atom. The summed E-state index contributed by atoms with van der Waals surface area (Å²) in [5.74, 6) is -0.816. The number of nitrogens with zero attached hydrogens (tertiary/aromatic N) is 3. The van der Waals surface area contributed by atoms with Crippen molar-refractivity contribution in [1.82, 2.24) is 14.9 Å². The number of nitrogen functional groups attached to an aromatic ring is 1. The molecule has 212 valence electrons. The number of aromatic nitrogens is 2. The highest BCUT2D eigenvalue weighted by Crippen LogP contribution is 2.42. The molecule has 1 aliphatic rings. The molecule has 1 unspecified atom stereocenters. The van der Waals surface area contributed by atoms with E-state index in [2.05, 4.69) is 15.3 Å². The van der Waals surface area contributed by atoms with E-state index >= 15 is 0 Å². The number of ether oxygens (including phenoxy) is 2. The molecular formula is C27H32F5N5O2. The minimum absolute atomic E-state index is 0.00797. The van der Waals surface area contributed by atoms with Gasteiger partial charge in [-0.05, 0) is 56.6 Å². The lowest BCUT2D eigenvalue weighted by atomic mass is 9.81. The summed E-state index contributed by atoms with van der Waals surface area (Å²) in [5, 5.41) is 3.78. The van der Waals surface area contributed by atoms with Crippen LogP contribution in [0, 0.1) is 12.8 Å². The fourth-order valence-electron chi connectivity index (χ4n) is 4.77. The van der Waals surface area contributed by atoms with Crippen LogP contribution < -0.4 is 20.5 Å². The molecule has 3 N–H and O–H groups in total. The Bertz CT molecular complexity index is 1330. The Kier molecular flexibility index (Phi) is 8.06. The number of aryl methyl sites for hydroxylation is 1. The van der Waals surface area contributed by atoms with E-state index in [0.717, 1.165) is 12.1 Å². The first kappa shape index (κ1) is 28.6. The molecule has 0 amide bonds. The summed E-state index contributed by atoms with van der Waals surface area (Å²) in [5.41, 5.74) is 5.84. The van der Waals surface area contributed by atoms with E-state index in [1.165, 1.54) is 13.2 Å². The molecule has 7 nitrogen and oxygen atoms in total. The molecule has 4 rings (SSSR count). The Balaban J connectivity index is 1.53. The number of nitrogens with two attached hydrogens (primary N) is 1. The highest BCUT2D eigenvalue weighted by atomic mass is 19.4. The number of nitrogens with one attached hydrogen (secondary N) is 1. The summed E-state index contributed by atoms with van der Waals surface area (Å²) in [6, 6.07) is 6.30. The first-order valence-electron chi connectivity index (χ1n) is 12.5. The normalized spacial score (nSPS) is 16.3. The second-order valence-electron chi connectivity index (χ2n) is 10.1. The maximum Gasteiger partial charge on any atom is 0.416 e. The van der Waals surface area contributed by atoms with Gasteiger partial charge in [0.2, 0.25) is 5.92 Å². The Hall–Kier alpha value is -3.41. The first-order chi connectivity index (χ1) is 18.2. The van der Waals surface area contributed by atoms with Gasteiger partial charge in [0.25, 0.3) is 0 Å². The van der Waals surface area contributed by atoms with E-state index in [9.17, 15) is 22.0 Å². The standard InChI is InChI=1S/C27H32F5N5O2/c1-15(18-7-19(27(30,31)32)9-20(33)8-18)34-25-21-10-24(23(38-4)11-22(21)35-16(2)36-25)39-6-5-37(3)14-17-12-26(28,29)13-17/h7-11,15,17H,5-6,12-14,33H2,1-4H3,(H,34,35,36). The molecule has 1 aliphatic carbocycles. The van der Waals surface area contributed by atoms with E-state index in [1.807, 2.05) is 11.9 Å². The van der Waals surface area contributed by atoms with Gasteiger partial charge in [-0.25, -0.2) is 18.7 Å². The van der Waals surface area contributed by atoms with Gasteiger partial charge < -0.3 is 25.4 Å². The minimum Gasteiger partial charge on any atom is -0.493 e. The third-order valence-corrected chi connectivity index (χ3v) is 6.73. The largest absolute Gasteiger partial charge is 0.493 e. The number of alkyl halides is 5. The Labute approximate surface area is 223 Å². The summed E-state index contributed by atoms with van der Waals surface area (Å²) in [6.45, 7) is 4.80. The minimum atomic E-state index is -4.53. The maximum atomic E-state index is 13.3. The molecule has 1 heterocycles. The molecule has 1 fully saturated rings. The summed E-state index contributed by atoms with van der Waals surface area (Å²) in [6.07, 6.45) is -4.70. The van der Waals surface area contributed by atoms with E-state index in [-0.39, 0.29) is 31.1 Å². The zero-order valence-corrected chi connectivity index (χ0v) is 22.2. The molecule has 2 aromatic carbocycles. The van der Waals surface area contributed by atoms with E-state index < -0.39 is 23.7 Å². The molecular weight excluding hydrogens is 521 g/mol. The van der Waals surface area contributed by atoms with Gasteiger partial charge in [0.15, 0.2) is 11.5 Å². The molecule has 12 heteroatoms. The quantitative estimate of drug-likeness (QED) is 0.233. The zero-order valence-electron chi connectivity index (χ0n) is 22.2. The van der Waals surface area contributed by atoms with E-state index in [1.54, 1.807) is 26.0 Å². The van der Waals surface area contributed by atoms with Crippen molar-refractivity contribution in [3.05, 3.63) is 47.3 Å². The van der Waals surface area contributed by atoms with Crippen LogP contribution in [0.15, 0.2) is 30.3 Å². The Morgan fingerprint density at radius 3 is 2.49 bits per heavy atom. The number of hydrogen-bond acceptors (Lipinski definition) is 7. The summed E-state index contributed by atoms with van der Waals surface area (Å²) < 4.78 is 77.7. The van der Waals surface area contributed by atoms with Gasteiger partial charge in [-0.15, -0.1) is 0 Å². The van der Waals surface area contributed by atoms with Crippen molar-refractivity contribution in [1.29, 1.82) is 0 Å². The third kappa shape index (κ3) is 6.97. The average Bonchev–Trinajstić information content (AvgIpc) is 2.81. The lowest BCUT2D eigenvalue weighted by molar-refractivity contribution is -0.137. The van der Waals surface area contributed by atoms with Gasteiger partial charge in [-0.2, -0.15) is 13.2 Å². The van der Waals surface area contributed by atoms with Gasteiger partial charge in [0, 0.05) is 43.1 Å². The van der Waals surface area contributed by atoms with Crippen LogP contribution in [0.1, 0.15) is 42.8 Å². The van der Waals surface area contributed by atoms with Crippen LogP contribution in [0.3, 0.4) is 0 Å². The molecule has 39 heavy (non-hydrogen) atoms. The van der Waals surface area contributed by atoms with Crippen LogP contribution in [-0.4, -0.2) is 54.6 Å². The van der Waals surface area contributed by atoms with Gasteiger partial charge in [0.05, 0.1) is 24.2 Å². The number of halogens is 5. The number of likely N-dealkylation sites (N-methyl/N-ethyl adjacent to an activating group) is 1. The number of benzene rings is 2. The van der Waals surface area contributed by atoms with Gasteiger partial charge >= 0.3 is 6.18 Å². The lowest BCUT2D eigenvalue weighted by Crippen LogP contribution is -2.42. The van der Waals surface area contributed by atoms with Crippen LogP contribution in [0.2, 0.25) is 0 Å². The summed E-state index contributed by atoms with van der Waals surface area (Å²) in [7, 11) is 3.36. The predicted octanol–water partition coefficient (Wildman–Crippen LogP) is 6.08. The Morgan fingerprint density at radius 1 is 1.13 bits per heavy atom. The van der Waals surface area contributed by atoms with Crippen LogP contribution in [-0.2, 0) is 6.18 Å².